The molecule has 3 heterocycles. The van der Waals surface area contributed by atoms with Crippen LogP contribution in [0, 0.1) is 5.92 Å². The Bertz CT molecular complexity index is 849. The van der Waals surface area contributed by atoms with Gasteiger partial charge in [-0.15, -0.1) is 0 Å². The molecule has 1 N–H and O–H groups in total. The zero-order valence-electron chi connectivity index (χ0n) is 16.5. The minimum Gasteiger partial charge on any atom is -0.356 e. The molecule has 10 heteroatoms. The van der Waals surface area contributed by atoms with Gasteiger partial charge in [-0.05, 0) is 18.9 Å². The molecular weight excluding hydrogens is 412 g/mol. The number of aromatic amines is 1. The maximum absolute atomic E-state index is 12.8. The van der Waals surface area contributed by atoms with Crippen molar-refractivity contribution in [3.63, 3.8) is 0 Å². The zero-order chi connectivity index (χ0) is 20.4. The maximum atomic E-state index is 12.8. The zero-order valence-corrected chi connectivity index (χ0v) is 18.1. The molecule has 160 valence electrons. The molecule has 0 aromatic carbocycles. The second-order valence-corrected chi connectivity index (χ2v) is 11.0. The van der Waals surface area contributed by atoms with Crippen molar-refractivity contribution in [2.75, 3.05) is 50.8 Å². The molecule has 3 aliphatic rings. The summed E-state index contributed by atoms with van der Waals surface area (Å²) in [6, 6.07) is 1.44. The predicted octanol–water partition coefficient (Wildman–Crippen LogP) is 1.23. The van der Waals surface area contributed by atoms with Crippen molar-refractivity contribution in [2.45, 2.75) is 30.6 Å². The quantitative estimate of drug-likeness (QED) is 0.760. The van der Waals surface area contributed by atoms with Crippen LogP contribution < -0.4 is 0 Å². The third-order valence-corrected chi connectivity index (χ3v) is 8.90. The number of hydrogen-bond donors (Lipinski definition) is 1. The minimum atomic E-state index is -3.57. The monoisotopic (exact) mass is 440 g/mol. The number of carbonyl (C=O) groups excluding carboxylic acids is 2. The highest BCUT2D eigenvalue weighted by Gasteiger charge is 2.32. The third-order valence-electron chi connectivity index (χ3n) is 6.08. The van der Waals surface area contributed by atoms with Crippen LogP contribution in [0.5, 0.6) is 0 Å². The van der Waals surface area contributed by atoms with E-state index in [-0.39, 0.29) is 28.3 Å². The van der Waals surface area contributed by atoms with Crippen LogP contribution in [0.3, 0.4) is 0 Å². The van der Waals surface area contributed by atoms with E-state index >= 15 is 0 Å². The first-order valence-corrected chi connectivity index (χ1v) is 12.9. The summed E-state index contributed by atoms with van der Waals surface area (Å²) in [5.74, 6) is 1.75. The molecule has 1 aromatic rings. The van der Waals surface area contributed by atoms with Gasteiger partial charge in [-0.1, -0.05) is 12.8 Å². The van der Waals surface area contributed by atoms with Gasteiger partial charge >= 0.3 is 0 Å². The van der Waals surface area contributed by atoms with E-state index in [0.29, 0.717) is 39.3 Å². The SMILES string of the molecule is O=C(c1cc(S(=O)(=O)N2CCSCC2)c[nH]1)N1CCN(C(=O)C2CCCC2)CC1. The van der Waals surface area contributed by atoms with E-state index in [1.165, 1.54) is 16.6 Å². The lowest BCUT2D eigenvalue weighted by atomic mass is 10.1. The van der Waals surface area contributed by atoms with Crippen molar-refractivity contribution in [3.05, 3.63) is 18.0 Å². The Morgan fingerprint density at radius 2 is 1.59 bits per heavy atom. The van der Waals surface area contributed by atoms with Crippen molar-refractivity contribution in [1.29, 1.82) is 0 Å². The molecule has 1 aromatic heterocycles. The van der Waals surface area contributed by atoms with Gasteiger partial charge in [-0.2, -0.15) is 16.1 Å². The van der Waals surface area contributed by atoms with Gasteiger partial charge in [0.1, 0.15) is 10.6 Å². The number of nitrogens with zero attached hydrogens (tertiary/aromatic N) is 3. The number of H-pyrrole nitrogens is 1. The molecule has 0 bridgehead atoms. The summed E-state index contributed by atoms with van der Waals surface area (Å²) in [4.78, 5) is 31.9. The van der Waals surface area contributed by atoms with E-state index in [9.17, 15) is 18.0 Å². The van der Waals surface area contributed by atoms with Gasteiger partial charge in [0, 0.05) is 62.9 Å². The van der Waals surface area contributed by atoms with Crippen molar-refractivity contribution in [3.8, 4) is 0 Å². The molecule has 2 saturated heterocycles. The van der Waals surface area contributed by atoms with Crippen LogP contribution in [0.15, 0.2) is 17.2 Å². The van der Waals surface area contributed by atoms with E-state index in [2.05, 4.69) is 4.98 Å². The molecule has 2 aliphatic heterocycles. The smallest absolute Gasteiger partial charge is 0.270 e. The highest BCUT2D eigenvalue weighted by molar-refractivity contribution is 7.99. The van der Waals surface area contributed by atoms with Gasteiger partial charge in [0.15, 0.2) is 0 Å². The Balaban J connectivity index is 1.36. The van der Waals surface area contributed by atoms with E-state index in [0.717, 1.165) is 37.2 Å². The number of thioether (sulfide) groups is 1. The van der Waals surface area contributed by atoms with Crippen LogP contribution in [-0.2, 0) is 14.8 Å². The fraction of sp³-hybridized carbons (Fsp3) is 0.684. The molecule has 1 aliphatic carbocycles. The minimum absolute atomic E-state index is 0.141. The molecule has 1 saturated carbocycles. The first-order valence-electron chi connectivity index (χ1n) is 10.3. The molecule has 0 spiro atoms. The van der Waals surface area contributed by atoms with Gasteiger partial charge in [-0.3, -0.25) is 9.59 Å². The Kier molecular flexibility index (Phi) is 6.21. The second kappa shape index (κ2) is 8.69. The Morgan fingerprint density at radius 1 is 0.966 bits per heavy atom. The maximum Gasteiger partial charge on any atom is 0.270 e. The fourth-order valence-corrected chi connectivity index (χ4v) is 6.88. The van der Waals surface area contributed by atoms with E-state index in [1.54, 1.807) is 16.7 Å². The standard InChI is InChI=1S/C19H28N4O4S2/c24-18(15-3-1-2-4-15)21-5-7-22(8-6-21)19(25)17-13-16(14-20-17)29(26,27)23-9-11-28-12-10-23/h13-15,20H,1-12H2. The fourth-order valence-electron chi connectivity index (χ4n) is 4.31. The first-order chi connectivity index (χ1) is 14.0. The third kappa shape index (κ3) is 4.34. The summed E-state index contributed by atoms with van der Waals surface area (Å²) < 4.78 is 27.0. The Labute approximate surface area is 176 Å². The number of rotatable bonds is 4. The van der Waals surface area contributed by atoms with Crippen molar-refractivity contribution < 1.29 is 18.0 Å². The molecule has 0 atom stereocenters. The Hall–Kier alpha value is -1.52. The van der Waals surface area contributed by atoms with E-state index in [4.69, 9.17) is 0 Å². The number of sulfonamides is 1. The van der Waals surface area contributed by atoms with Gasteiger partial charge in [0.05, 0.1) is 0 Å². The Morgan fingerprint density at radius 3 is 2.24 bits per heavy atom. The van der Waals surface area contributed by atoms with Crippen LogP contribution in [0.2, 0.25) is 0 Å². The summed E-state index contributed by atoms with van der Waals surface area (Å²) in [6.07, 6.45) is 5.62. The highest BCUT2D eigenvalue weighted by Crippen LogP contribution is 2.27. The number of piperazine rings is 1. The lowest BCUT2D eigenvalue weighted by Crippen LogP contribution is -2.51. The molecule has 2 amide bonds. The normalized spacial score (nSPS) is 22.2. The summed E-state index contributed by atoms with van der Waals surface area (Å²) in [5.41, 5.74) is 0.283. The van der Waals surface area contributed by atoms with Crippen LogP contribution in [0.25, 0.3) is 0 Å². The van der Waals surface area contributed by atoms with Crippen molar-refractivity contribution in [1.82, 2.24) is 19.1 Å². The van der Waals surface area contributed by atoms with Crippen molar-refractivity contribution in [2.24, 2.45) is 5.92 Å². The van der Waals surface area contributed by atoms with Crippen LogP contribution in [-0.4, -0.2) is 90.1 Å². The number of hydrogen-bond acceptors (Lipinski definition) is 5. The summed E-state index contributed by atoms with van der Waals surface area (Å²) in [5, 5.41) is 0. The summed E-state index contributed by atoms with van der Waals surface area (Å²) >= 11 is 1.75. The average Bonchev–Trinajstić information content (AvgIpc) is 3.46. The number of aromatic nitrogens is 1. The number of amides is 2. The topological polar surface area (TPSA) is 93.8 Å². The van der Waals surface area contributed by atoms with E-state index < -0.39 is 10.0 Å². The molecule has 0 unspecified atom stereocenters. The number of carbonyl (C=O) groups is 2. The second-order valence-electron chi connectivity index (χ2n) is 7.86. The van der Waals surface area contributed by atoms with E-state index in [1.807, 2.05) is 4.90 Å². The van der Waals surface area contributed by atoms with Crippen LogP contribution in [0.4, 0.5) is 0 Å². The van der Waals surface area contributed by atoms with Crippen LogP contribution >= 0.6 is 11.8 Å². The molecule has 4 rings (SSSR count). The molecule has 0 radical (unpaired) electrons. The lowest BCUT2D eigenvalue weighted by Gasteiger charge is -2.35. The van der Waals surface area contributed by atoms with Crippen LogP contribution in [0.1, 0.15) is 36.2 Å². The largest absolute Gasteiger partial charge is 0.356 e. The van der Waals surface area contributed by atoms with Gasteiger partial charge < -0.3 is 14.8 Å². The average molecular weight is 441 g/mol. The number of nitrogens with one attached hydrogen (secondary N) is 1. The highest BCUT2D eigenvalue weighted by atomic mass is 32.2. The van der Waals surface area contributed by atoms with Crippen molar-refractivity contribution >= 4 is 33.6 Å². The van der Waals surface area contributed by atoms with Gasteiger partial charge in [0.2, 0.25) is 15.9 Å². The molecule has 8 nitrogen and oxygen atoms in total. The summed E-state index contributed by atoms with van der Waals surface area (Å²) in [6.45, 7) is 3.02. The molecule has 29 heavy (non-hydrogen) atoms. The first kappa shape index (κ1) is 20.7. The van der Waals surface area contributed by atoms with Gasteiger partial charge in [0.25, 0.3) is 5.91 Å². The predicted molar refractivity (Wildman–Crippen MR) is 111 cm³/mol. The van der Waals surface area contributed by atoms with Gasteiger partial charge in [-0.25, -0.2) is 8.42 Å². The molecular formula is C19H28N4O4S2. The lowest BCUT2D eigenvalue weighted by molar-refractivity contribution is -0.136. The summed E-state index contributed by atoms with van der Waals surface area (Å²) in [7, 11) is -3.57. The molecule has 3 fully saturated rings.